The van der Waals surface area contributed by atoms with Gasteiger partial charge in [-0.1, -0.05) is 0 Å². The van der Waals surface area contributed by atoms with Crippen LogP contribution in [0.25, 0.3) is 21.9 Å². The molecule has 1 aromatic heterocycles. The summed E-state index contributed by atoms with van der Waals surface area (Å²) in [5, 5.41) is 19.9. The quantitative estimate of drug-likeness (QED) is 0.589. The van der Waals surface area contributed by atoms with Crippen LogP contribution in [0.2, 0.25) is 0 Å². The Morgan fingerprint density at radius 1 is 1.19 bits per heavy atom. The summed E-state index contributed by atoms with van der Waals surface area (Å²) in [6.07, 6.45) is 0. The first-order valence-corrected chi connectivity index (χ1v) is 7.37. The fraction of sp³-hybridized carbons (Fsp3) is 0.0714. The largest absolute Gasteiger partial charge is 0.508 e. The second kappa shape index (κ2) is 4.92. The van der Waals surface area contributed by atoms with Gasteiger partial charge in [0.05, 0.1) is 12.5 Å². The van der Waals surface area contributed by atoms with E-state index in [1.54, 1.807) is 0 Å². The van der Waals surface area contributed by atoms with E-state index in [1.807, 2.05) is 0 Å². The van der Waals surface area contributed by atoms with Crippen molar-refractivity contribution in [2.45, 2.75) is 0 Å². The summed E-state index contributed by atoms with van der Waals surface area (Å²) >= 11 is 6.50. The maximum absolute atomic E-state index is 12.6. The normalized spacial score (nSPS) is 11.2. The first-order chi connectivity index (χ1) is 9.95. The van der Waals surface area contributed by atoms with Crippen molar-refractivity contribution in [3.8, 4) is 17.2 Å². The van der Waals surface area contributed by atoms with Gasteiger partial charge < -0.3 is 19.4 Å². The third-order valence-electron chi connectivity index (χ3n) is 3.12. The highest BCUT2D eigenvalue weighted by Crippen LogP contribution is 2.46. The predicted molar refractivity (Wildman–Crippen MR) is 85.3 cm³/mol. The van der Waals surface area contributed by atoms with Gasteiger partial charge in [-0.15, -0.1) is 0 Å². The van der Waals surface area contributed by atoms with Gasteiger partial charge in [0.25, 0.3) is 0 Å². The van der Waals surface area contributed by atoms with Gasteiger partial charge in [-0.3, -0.25) is 4.79 Å². The average Bonchev–Trinajstić information content (AvgIpc) is 2.46. The number of phenols is 2. The van der Waals surface area contributed by atoms with E-state index in [0.29, 0.717) is 15.8 Å². The molecule has 21 heavy (non-hydrogen) atoms. The molecule has 0 aliphatic carbocycles. The number of methoxy groups -OCH3 is 1. The van der Waals surface area contributed by atoms with Crippen LogP contribution >= 0.6 is 31.9 Å². The molecule has 108 valence electrons. The minimum atomic E-state index is -0.441. The molecule has 0 aliphatic rings. The molecule has 0 spiro atoms. The van der Waals surface area contributed by atoms with Gasteiger partial charge in [0.1, 0.15) is 31.4 Å². The van der Waals surface area contributed by atoms with Gasteiger partial charge in [0.15, 0.2) is 11.3 Å². The topological polar surface area (TPSA) is 79.9 Å². The molecule has 0 saturated carbocycles. The third-order valence-corrected chi connectivity index (χ3v) is 4.58. The summed E-state index contributed by atoms with van der Waals surface area (Å²) in [6, 6.07) is 4.20. The molecule has 3 rings (SSSR count). The Bertz CT molecular complexity index is 946. The Morgan fingerprint density at radius 3 is 2.57 bits per heavy atom. The average molecular weight is 416 g/mol. The minimum Gasteiger partial charge on any atom is -0.508 e. The van der Waals surface area contributed by atoms with E-state index in [0.717, 1.165) is 0 Å². The van der Waals surface area contributed by atoms with Crippen LogP contribution in [-0.2, 0) is 0 Å². The maximum atomic E-state index is 12.6. The Labute approximate surface area is 135 Å². The molecule has 1 heterocycles. The van der Waals surface area contributed by atoms with E-state index >= 15 is 0 Å². The van der Waals surface area contributed by atoms with Crippen LogP contribution in [0, 0.1) is 0 Å². The number of phenolic OH excluding ortho intramolecular Hbond substituents is 2. The zero-order chi connectivity index (χ0) is 15.3. The number of benzene rings is 2. The van der Waals surface area contributed by atoms with Crippen molar-refractivity contribution < 1.29 is 19.4 Å². The van der Waals surface area contributed by atoms with Crippen LogP contribution in [0.4, 0.5) is 0 Å². The van der Waals surface area contributed by atoms with Crippen molar-refractivity contribution in [1.82, 2.24) is 0 Å². The number of rotatable bonds is 1. The number of ether oxygens (including phenoxy) is 1. The Hall–Kier alpha value is -1.73. The summed E-state index contributed by atoms with van der Waals surface area (Å²) in [5.41, 5.74) is 0.0363. The summed E-state index contributed by atoms with van der Waals surface area (Å²) in [5.74, 6) is -0.00870. The zero-order valence-corrected chi connectivity index (χ0v) is 13.8. The number of fused-ring (bicyclic) bond motifs is 2. The number of halogens is 2. The van der Waals surface area contributed by atoms with Crippen LogP contribution in [0.3, 0.4) is 0 Å². The van der Waals surface area contributed by atoms with Gasteiger partial charge in [-0.2, -0.15) is 0 Å². The van der Waals surface area contributed by atoms with Gasteiger partial charge in [0, 0.05) is 0 Å². The zero-order valence-electron chi connectivity index (χ0n) is 10.6. The molecule has 0 radical (unpaired) electrons. The summed E-state index contributed by atoms with van der Waals surface area (Å²) in [4.78, 5) is 12.6. The minimum absolute atomic E-state index is 0.00708. The summed E-state index contributed by atoms with van der Waals surface area (Å²) < 4.78 is 11.5. The maximum Gasteiger partial charge on any atom is 0.204 e. The molecule has 0 saturated heterocycles. The van der Waals surface area contributed by atoms with Gasteiger partial charge in [-0.05, 0) is 50.1 Å². The lowest BCUT2D eigenvalue weighted by Crippen LogP contribution is -2.04. The van der Waals surface area contributed by atoms with E-state index in [4.69, 9.17) is 9.15 Å². The molecule has 2 N–H and O–H groups in total. The van der Waals surface area contributed by atoms with Crippen molar-refractivity contribution in [3.05, 3.63) is 37.4 Å². The van der Waals surface area contributed by atoms with Gasteiger partial charge >= 0.3 is 0 Å². The standard InChI is InChI=1S/C14H8Br2O5/c1-20-14-9(15)12(19)8-11(18)6-4-5(17)2-3-7(6)21-13(8)10(14)16/h2-4,17,19H,1H3. The van der Waals surface area contributed by atoms with Crippen LogP contribution in [0.1, 0.15) is 0 Å². The van der Waals surface area contributed by atoms with E-state index in [-0.39, 0.29) is 32.3 Å². The number of hydrogen-bond donors (Lipinski definition) is 2. The van der Waals surface area contributed by atoms with Crippen molar-refractivity contribution in [3.63, 3.8) is 0 Å². The molecular weight excluding hydrogens is 408 g/mol. The monoisotopic (exact) mass is 414 g/mol. The first-order valence-electron chi connectivity index (χ1n) is 5.79. The summed E-state index contributed by atoms with van der Waals surface area (Å²) in [7, 11) is 1.44. The summed E-state index contributed by atoms with van der Waals surface area (Å²) in [6.45, 7) is 0. The third kappa shape index (κ3) is 1.99. The Kier molecular flexibility index (Phi) is 3.33. The second-order valence-electron chi connectivity index (χ2n) is 4.33. The van der Waals surface area contributed by atoms with Crippen LogP contribution in [-0.4, -0.2) is 17.3 Å². The second-order valence-corrected chi connectivity index (χ2v) is 5.91. The highest BCUT2D eigenvalue weighted by Gasteiger charge is 2.22. The van der Waals surface area contributed by atoms with Gasteiger partial charge in [0.2, 0.25) is 5.43 Å². The fourth-order valence-electron chi connectivity index (χ4n) is 2.15. The molecule has 0 unspecified atom stereocenters. The van der Waals surface area contributed by atoms with E-state index in [2.05, 4.69) is 31.9 Å². The molecule has 0 aliphatic heterocycles. The lowest BCUT2D eigenvalue weighted by Gasteiger charge is -2.11. The van der Waals surface area contributed by atoms with E-state index in [1.165, 1.54) is 25.3 Å². The van der Waals surface area contributed by atoms with Crippen molar-refractivity contribution in [1.29, 1.82) is 0 Å². The number of hydrogen-bond acceptors (Lipinski definition) is 5. The lowest BCUT2D eigenvalue weighted by atomic mass is 10.1. The molecule has 0 fully saturated rings. The lowest BCUT2D eigenvalue weighted by molar-refractivity contribution is 0.401. The molecule has 7 heteroatoms. The van der Waals surface area contributed by atoms with Crippen molar-refractivity contribution in [2.75, 3.05) is 7.11 Å². The fourth-order valence-corrected chi connectivity index (χ4v) is 3.61. The van der Waals surface area contributed by atoms with Crippen LogP contribution in [0.15, 0.2) is 36.4 Å². The van der Waals surface area contributed by atoms with Gasteiger partial charge in [-0.25, -0.2) is 0 Å². The molecule has 5 nitrogen and oxygen atoms in total. The van der Waals surface area contributed by atoms with E-state index in [9.17, 15) is 15.0 Å². The van der Waals surface area contributed by atoms with E-state index < -0.39 is 5.43 Å². The molecule has 0 atom stereocenters. The van der Waals surface area contributed by atoms with Crippen LogP contribution in [0.5, 0.6) is 17.2 Å². The van der Waals surface area contributed by atoms with Crippen molar-refractivity contribution in [2.24, 2.45) is 0 Å². The Morgan fingerprint density at radius 2 is 1.90 bits per heavy atom. The SMILES string of the molecule is COc1c(Br)c(O)c2c(=O)c3cc(O)ccc3oc2c1Br. The smallest absolute Gasteiger partial charge is 0.204 e. The first kappa shape index (κ1) is 14.2. The molecule has 2 aromatic carbocycles. The van der Waals surface area contributed by atoms with Crippen LogP contribution < -0.4 is 10.2 Å². The highest BCUT2D eigenvalue weighted by molar-refractivity contribution is 9.11. The highest BCUT2D eigenvalue weighted by atomic mass is 79.9. The predicted octanol–water partition coefficient (Wildman–Crippen LogP) is 3.89. The molecule has 0 bridgehead atoms. The Balaban J connectivity index is 2.64. The van der Waals surface area contributed by atoms with Crippen molar-refractivity contribution >= 4 is 53.8 Å². The number of aromatic hydroxyl groups is 2. The molecule has 0 amide bonds. The molecular formula is C14H8Br2O5. The molecule has 3 aromatic rings.